The number of hydrogen-bond donors (Lipinski definition) is 2. The minimum absolute atomic E-state index is 0.219. The second-order valence-electron chi connectivity index (χ2n) is 5.54. The fourth-order valence-corrected chi connectivity index (χ4v) is 3.18. The monoisotopic (exact) mass is 337 g/mol. The molecule has 0 aliphatic carbocycles. The standard InChI is InChI=1S/C15H16ClN3O4/c16-11-4-3-9(18-7-5-17-15(18)23)8-10(11)13(20)19-6-1-2-12(19)14(21)22/h3-4,8,12H,1-2,5-7H2,(H,17,23)(H,21,22). The molecule has 1 aromatic carbocycles. The fraction of sp³-hybridized carbons (Fsp3) is 0.400. The molecule has 0 bridgehead atoms. The molecule has 2 heterocycles. The second-order valence-corrected chi connectivity index (χ2v) is 5.95. The van der Waals surface area contributed by atoms with Crippen LogP contribution in [0.5, 0.6) is 0 Å². The lowest BCUT2D eigenvalue weighted by molar-refractivity contribution is -0.141. The van der Waals surface area contributed by atoms with Gasteiger partial charge in [-0.05, 0) is 31.0 Å². The number of halogens is 1. The van der Waals surface area contributed by atoms with Crippen LogP contribution < -0.4 is 10.2 Å². The van der Waals surface area contributed by atoms with Crippen LogP contribution >= 0.6 is 11.6 Å². The Morgan fingerprint density at radius 3 is 2.74 bits per heavy atom. The van der Waals surface area contributed by atoms with Crippen LogP contribution in [-0.4, -0.2) is 53.6 Å². The molecule has 0 radical (unpaired) electrons. The van der Waals surface area contributed by atoms with Crippen molar-refractivity contribution in [1.82, 2.24) is 10.2 Å². The topological polar surface area (TPSA) is 89.9 Å². The molecule has 122 valence electrons. The quantitative estimate of drug-likeness (QED) is 0.875. The summed E-state index contributed by atoms with van der Waals surface area (Å²) in [4.78, 5) is 38.6. The summed E-state index contributed by atoms with van der Waals surface area (Å²) in [6.07, 6.45) is 1.08. The predicted octanol–water partition coefficient (Wildman–Crippen LogP) is 1.56. The van der Waals surface area contributed by atoms with E-state index in [1.807, 2.05) is 0 Å². The van der Waals surface area contributed by atoms with Gasteiger partial charge in [0.05, 0.1) is 10.6 Å². The Kier molecular flexibility index (Phi) is 4.12. The number of carbonyl (C=O) groups excluding carboxylic acids is 2. The van der Waals surface area contributed by atoms with Gasteiger partial charge in [0.2, 0.25) is 0 Å². The van der Waals surface area contributed by atoms with E-state index in [1.54, 1.807) is 18.2 Å². The summed E-state index contributed by atoms with van der Waals surface area (Å²) in [6, 6.07) is 3.73. The van der Waals surface area contributed by atoms with E-state index < -0.39 is 17.9 Å². The van der Waals surface area contributed by atoms with Crippen LogP contribution in [0.3, 0.4) is 0 Å². The summed E-state index contributed by atoms with van der Waals surface area (Å²) in [6.45, 7) is 1.44. The van der Waals surface area contributed by atoms with Crippen molar-refractivity contribution in [2.24, 2.45) is 0 Å². The van der Waals surface area contributed by atoms with Gasteiger partial charge in [0.25, 0.3) is 5.91 Å². The van der Waals surface area contributed by atoms with Crippen molar-refractivity contribution in [2.75, 3.05) is 24.5 Å². The molecule has 1 atom stereocenters. The van der Waals surface area contributed by atoms with Gasteiger partial charge in [0, 0.05) is 25.3 Å². The Bertz CT molecular complexity index is 679. The van der Waals surface area contributed by atoms with Crippen LogP contribution in [-0.2, 0) is 4.79 Å². The van der Waals surface area contributed by atoms with Crippen LogP contribution in [0.25, 0.3) is 0 Å². The van der Waals surface area contributed by atoms with E-state index in [4.69, 9.17) is 11.6 Å². The maximum atomic E-state index is 12.7. The first kappa shape index (κ1) is 15.6. The largest absolute Gasteiger partial charge is 0.480 e. The normalized spacial score (nSPS) is 20.7. The lowest BCUT2D eigenvalue weighted by Gasteiger charge is -2.23. The minimum atomic E-state index is -1.01. The average Bonchev–Trinajstić information content (AvgIpc) is 3.16. The van der Waals surface area contributed by atoms with Crippen molar-refractivity contribution in [3.05, 3.63) is 28.8 Å². The number of amides is 3. The van der Waals surface area contributed by atoms with E-state index in [2.05, 4.69) is 5.32 Å². The SMILES string of the molecule is O=C(O)C1CCCN1C(=O)c1cc(N2CCNC2=O)ccc1Cl. The first-order valence-electron chi connectivity index (χ1n) is 7.37. The van der Waals surface area contributed by atoms with E-state index in [9.17, 15) is 19.5 Å². The summed E-state index contributed by atoms with van der Waals surface area (Å²) in [5.74, 6) is -1.43. The number of anilines is 1. The maximum Gasteiger partial charge on any atom is 0.326 e. The van der Waals surface area contributed by atoms with Gasteiger partial charge < -0.3 is 15.3 Å². The third-order valence-corrected chi connectivity index (χ3v) is 4.48. The fourth-order valence-electron chi connectivity index (χ4n) is 2.98. The molecule has 7 nitrogen and oxygen atoms in total. The summed E-state index contributed by atoms with van der Waals surface area (Å²) < 4.78 is 0. The molecule has 2 N–H and O–H groups in total. The Morgan fingerprint density at radius 1 is 1.30 bits per heavy atom. The molecule has 2 aliphatic rings. The molecule has 2 aliphatic heterocycles. The summed E-state index contributed by atoms with van der Waals surface area (Å²) in [5.41, 5.74) is 0.788. The third kappa shape index (κ3) is 2.84. The highest BCUT2D eigenvalue weighted by atomic mass is 35.5. The van der Waals surface area contributed by atoms with Crippen LogP contribution in [0, 0.1) is 0 Å². The Morgan fingerprint density at radius 2 is 2.09 bits per heavy atom. The molecular weight excluding hydrogens is 322 g/mol. The molecule has 0 saturated carbocycles. The minimum Gasteiger partial charge on any atom is -0.480 e. The van der Waals surface area contributed by atoms with Gasteiger partial charge in [-0.25, -0.2) is 9.59 Å². The predicted molar refractivity (Wildman–Crippen MR) is 83.9 cm³/mol. The van der Waals surface area contributed by atoms with Crippen LogP contribution in [0.4, 0.5) is 10.5 Å². The average molecular weight is 338 g/mol. The summed E-state index contributed by atoms with van der Waals surface area (Å²) >= 11 is 6.13. The van der Waals surface area contributed by atoms with Crippen molar-refractivity contribution in [1.29, 1.82) is 0 Å². The number of carbonyl (C=O) groups is 3. The summed E-state index contributed by atoms with van der Waals surface area (Å²) in [7, 11) is 0. The number of aliphatic carboxylic acids is 1. The number of urea groups is 1. The van der Waals surface area contributed by atoms with Crippen LogP contribution in [0.1, 0.15) is 23.2 Å². The molecule has 1 aromatic rings. The molecule has 0 aromatic heterocycles. The third-order valence-electron chi connectivity index (χ3n) is 4.15. The number of carboxylic acid groups (broad SMARTS) is 1. The van der Waals surface area contributed by atoms with Gasteiger partial charge in [-0.2, -0.15) is 0 Å². The molecule has 23 heavy (non-hydrogen) atoms. The number of benzene rings is 1. The van der Waals surface area contributed by atoms with Crippen LogP contribution in [0.15, 0.2) is 18.2 Å². The maximum absolute atomic E-state index is 12.7. The summed E-state index contributed by atoms with van der Waals surface area (Å²) in [5, 5.41) is 12.2. The van der Waals surface area contributed by atoms with E-state index in [-0.39, 0.29) is 16.6 Å². The van der Waals surface area contributed by atoms with E-state index in [0.717, 1.165) is 0 Å². The van der Waals surface area contributed by atoms with Crippen molar-refractivity contribution < 1.29 is 19.5 Å². The molecule has 3 amide bonds. The van der Waals surface area contributed by atoms with Gasteiger partial charge in [0.15, 0.2) is 0 Å². The lowest BCUT2D eigenvalue weighted by Crippen LogP contribution is -2.40. The number of carboxylic acids is 1. The highest BCUT2D eigenvalue weighted by Gasteiger charge is 2.35. The second kappa shape index (κ2) is 6.08. The van der Waals surface area contributed by atoms with Crippen molar-refractivity contribution in [2.45, 2.75) is 18.9 Å². The number of nitrogens with zero attached hydrogens (tertiary/aromatic N) is 2. The van der Waals surface area contributed by atoms with E-state index in [1.165, 1.54) is 9.80 Å². The molecule has 3 rings (SSSR count). The molecular formula is C15H16ClN3O4. The number of nitrogens with one attached hydrogen (secondary N) is 1. The van der Waals surface area contributed by atoms with E-state index >= 15 is 0 Å². The van der Waals surface area contributed by atoms with Crippen molar-refractivity contribution >= 4 is 35.2 Å². The molecule has 2 fully saturated rings. The van der Waals surface area contributed by atoms with Crippen LogP contribution in [0.2, 0.25) is 5.02 Å². The van der Waals surface area contributed by atoms with E-state index in [0.29, 0.717) is 38.2 Å². The zero-order valence-corrected chi connectivity index (χ0v) is 13.0. The Labute approximate surface area is 137 Å². The van der Waals surface area contributed by atoms with Gasteiger partial charge in [-0.1, -0.05) is 11.6 Å². The number of rotatable bonds is 3. The highest BCUT2D eigenvalue weighted by molar-refractivity contribution is 6.34. The first-order valence-corrected chi connectivity index (χ1v) is 7.75. The first-order chi connectivity index (χ1) is 11.0. The van der Waals surface area contributed by atoms with Crippen molar-refractivity contribution in [3.8, 4) is 0 Å². The zero-order valence-electron chi connectivity index (χ0n) is 12.3. The highest BCUT2D eigenvalue weighted by Crippen LogP contribution is 2.28. The van der Waals surface area contributed by atoms with Gasteiger partial charge in [-0.15, -0.1) is 0 Å². The van der Waals surface area contributed by atoms with Gasteiger partial charge in [-0.3, -0.25) is 9.69 Å². The molecule has 1 unspecified atom stereocenters. The Hall–Kier alpha value is -2.28. The number of hydrogen-bond acceptors (Lipinski definition) is 3. The lowest BCUT2D eigenvalue weighted by atomic mass is 10.1. The molecule has 8 heteroatoms. The Balaban J connectivity index is 1.91. The zero-order chi connectivity index (χ0) is 16.6. The van der Waals surface area contributed by atoms with Gasteiger partial charge >= 0.3 is 12.0 Å². The van der Waals surface area contributed by atoms with Crippen molar-refractivity contribution in [3.63, 3.8) is 0 Å². The van der Waals surface area contributed by atoms with Gasteiger partial charge in [0.1, 0.15) is 6.04 Å². The molecule has 2 saturated heterocycles. The number of likely N-dealkylation sites (tertiary alicyclic amines) is 1. The smallest absolute Gasteiger partial charge is 0.326 e. The molecule has 0 spiro atoms.